The van der Waals surface area contributed by atoms with Gasteiger partial charge in [-0.3, -0.25) is 9.89 Å². The first-order valence-electron chi connectivity index (χ1n) is 8.41. The van der Waals surface area contributed by atoms with Gasteiger partial charge >= 0.3 is 0 Å². The van der Waals surface area contributed by atoms with E-state index >= 15 is 0 Å². The van der Waals surface area contributed by atoms with E-state index in [0.717, 1.165) is 31.5 Å². The number of nitrogens with one attached hydrogen (secondary N) is 3. The van der Waals surface area contributed by atoms with Crippen LogP contribution in [0, 0.1) is 11.2 Å². The van der Waals surface area contributed by atoms with E-state index in [2.05, 4.69) is 20.8 Å². The third-order valence-corrected chi connectivity index (χ3v) is 4.76. The highest BCUT2D eigenvalue weighted by Crippen LogP contribution is 2.28. The maximum absolute atomic E-state index is 13.1. The van der Waals surface area contributed by atoms with Crippen LogP contribution in [0.15, 0.2) is 30.5 Å². The lowest BCUT2D eigenvalue weighted by molar-refractivity contribution is 0.0512. The lowest BCUT2D eigenvalue weighted by Gasteiger charge is -2.37. The molecule has 1 aliphatic heterocycles. The third-order valence-electron chi connectivity index (χ3n) is 4.76. The molecule has 6 nitrogen and oxygen atoms in total. The lowest BCUT2D eigenvalue weighted by atomic mass is 9.79. The van der Waals surface area contributed by atoms with Crippen molar-refractivity contribution in [3.05, 3.63) is 41.8 Å². The molecule has 142 valence electrons. The molecule has 3 N–H and O–H groups in total. The van der Waals surface area contributed by atoms with Gasteiger partial charge in [-0.1, -0.05) is 0 Å². The summed E-state index contributed by atoms with van der Waals surface area (Å²) in [5.74, 6) is -0.510. The molecule has 0 radical (unpaired) electrons. The molecule has 26 heavy (non-hydrogen) atoms. The van der Waals surface area contributed by atoms with Crippen LogP contribution in [0.5, 0.6) is 0 Å². The number of methoxy groups -OCH3 is 1. The Morgan fingerprint density at radius 2 is 2.00 bits per heavy atom. The predicted octanol–water partition coefficient (Wildman–Crippen LogP) is 2.38. The minimum atomic E-state index is -0.318. The minimum Gasteiger partial charge on any atom is -0.384 e. The van der Waals surface area contributed by atoms with Crippen molar-refractivity contribution >= 4 is 18.3 Å². The van der Waals surface area contributed by atoms with Crippen molar-refractivity contribution in [2.45, 2.75) is 12.8 Å². The molecule has 1 aromatic carbocycles. The molecule has 1 aliphatic rings. The Bertz CT molecular complexity index is 709. The summed E-state index contributed by atoms with van der Waals surface area (Å²) in [5.41, 5.74) is 1.71. The van der Waals surface area contributed by atoms with E-state index in [4.69, 9.17) is 4.74 Å². The summed E-state index contributed by atoms with van der Waals surface area (Å²) in [6.07, 6.45) is 3.41. The molecule has 0 bridgehead atoms. The zero-order valence-electron chi connectivity index (χ0n) is 14.7. The maximum Gasteiger partial charge on any atom is 0.255 e. The van der Waals surface area contributed by atoms with Gasteiger partial charge in [-0.05, 0) is 50.2 Å². The molecule has 1 saturated heterocycles. The zero-order chi connectivity index (χ0) is 17.7. The van der Waals surface area contributed by atoms with Crippen molar-refractivity contribution in [1.82, 2.24) is 20.8 Å². The molecule has 1 amide bonds. The van der Waals surface area contributed by atoms with Crippen LogP contribution in [-0.4, -0.2) is 49.5 Å². The quantitative estimate of drug-likeness (QED) is 0.716. The molecule has 2 aromatic rings. The van der Waals surface area contributed by atoms with Gasteiger partial charge in [-0.15, -0.1) is 12.4 Å². The van der Waals surface area contributed by atoms with Crippen molar-refractivity contribution in [3.63, 3.8) is 0 Å². The van der Waals surface area contributed by atoms with Gasteiger partial charge in [0, 0.05) is 24.6 Å². The summed E-state index contributed by atoms with van der Waals surface area (Å²) in [6, 6.07) is 5.97. The molecule has 0 aliphatic carbocycles. The molecule has 0 atom stereocenters. The Balaban J connectivity index is 0.00000243. The SMILES string of the molecule is COCC1(CNC(=O)c2cn[nH]c2-c2ccc(F)cc2)CCNCC1.Cl. The largest absolute Gasteiger partial charge is 0.384 e. The zero-order valence-corrected chi connectivity index (χ0v) is 15.5. The summed E-state index contributed by atoms with van der Waals surface area (Å²) in [5, 5.41) is 13.2. The van der Waals surface area contributed by atoms with Crippen LogP contribution in [0.1, 0.15) is 23.2 Å². The molecule has 0 saturated carbocycles. The number of aromatic nitrogens is 2. The first-order chi connectivity index (χ1) is 12.1. The van der Waals surface area contributed by atoms with Gasteiger partial charge in [0.05, 0.1) is 24.1 Å². The molecular formula is C18H24ClFN4O2. The summed E-state index contributed by atoms with van der Waals surface area (Å²) >= 11 is 0. The normalized spacial score (nSPS) is 15.9. The van der Waals surface area contributed by atoms with Crippen molar-refractivity contribution in [2.75, 3.05) is 33.4 Å². The second-order valence-electron chi connectivity index (χ2n) is 6.53. The Labute approximate surface area is 158 Å². The van der Waals surface area contributed by atoms with Gasteiger partial charge in [0.15, 0.2) is 0 Å². The number of amides is 1. The first kappa shape index (κ1) is 20.4. The Morgan fingerprint density at radius 3 is 2.65 bits per heavy atom. The molecule has 0 unspecified atom stereocenters. The van der Waals surface area contributed by atoms with E-state index in [1.807, 2.05) is 0 Å². The summed E-state index contributed by atoms with van der Waals surface area (Å²) in [4.78, 5) is 12.7. The number of carbonyl (C=O) groups is 1. The summed E-state index contributed by atoms with van der Waals surface area (Å²) < 4.78 is 18.5. The predicted molar refractivity (Wildman–Crippen MR) is 100.0 cm³/mol. The summed E-state index contributed by atoms with van der Waals surface area (Å²) in [6.45, 7) is 3.01. The highest BCUT2D eigenvalue weighted by molar-refractivity contribution is 5.99. The van der Waals surface area contributed by atoms with Crippen LogP contribution < -0.4 is 10.6 Å². The average Bonchev–Trinajstić information content (AvgIpc) is 3.11. The summed E-state index contributed by atoms with van der Waals surface area (Å²) in [7, 11) is 1.69. The fraction of sp³-hybridized carbons (Fsp3) is 0.444. The minimum absolute atomic E-state index is 0. The smallest absolute Gasteiger partial charge is 0.255 e. The Hall–Kier alpha value is -1.96. The molecule has 1 aromatic heterocycles. The molecule has 3 rings (SSSR count). The van der Waals surface area contributed by atoms with Gasteiger partial charge in [0.2, 0.25) is 0 Å². The third kappa shape index (κ3) is 4.60. The number of rotatable bonds is 6. The monoisotopic (exact) mass is 382 g/mol. The first-order valence-corrected chi connectivity index (χ1v) is 8.41. The van der Waals surface area contributed by atoms with Gasteiger partial charge < -0.3 is 15.4 Å². The van der Waals surface area contributed by atoms with Crippen molar-refractivity contribution in [3.8, 4) is 11.3 Å². The number of nitrogens with zero attached hydrogens (tertiary/aromatic N) is 1. The number of hydrogen-bond acceptors (Lipinski definition) is 4. The number of H-pyrrole nitrogens is 1. The Kier molecular flexibility index (Phi) is 7.14. The maximum atomic E-state index is 13.1. The van der Waals surface area contributed by atoms with Gasteiger partial charge in [-0.25, -0.2) is 4.39 Å². The highest BCUT2D eigenvalue weighted by Gasteiger charge is 2.32. The second-order valence-corrected chi connectivity index (χ2v) is 6.53. The van der Waals surface area contributed by atoms with Gasteiger partial charge in [-0.2, -0.15) is 5.10 Å². The number of carbonyl (C=O) groups excluding carboxylic acids is 1. The molecule has 1 fully saturated rings. The fourth-order valence-electron chi connectivity index (χ4n) is 3.29. The van der Waals surface area contributed by atoms with E-state index in [1.54, 1.807) is 19.2 Å². The number of benzene rings is 1. The fourth-order valence-corrected chi connectivity index (χ4v) is 3.29. The van der Waals surface area contributed by atoms with E-state index in [0.29, 0.717) is 24.4 Å². The van der Waals surface area contributed by atoms with Crippen LogP contribution in [0.3, 0.4) is 0 Å². The average molecular weight is 383 g/mol. The van der Waals surface area contributed by atoms with E-state index < -0.39 is 0 Å². The van der Waals surface area contributed by atoms with Crippen molar-refractivity contribution in [2.24, 2.45) is 5.41 Å². The van der Waals surface area contributed by atoms with E-state index in [1.165, 1.54) is 18.3 Å². The van der Waals surface area contributed by atoms with E-state index in [9.17, 15) is 9.18 Å². The highest BCUT2D eigenvalue weighted by atomic mass is 35.5. The number of halogens is 2. The van der Waals surface area contributed by atoms with Crippen LogP contribution in [0.25, 0.3) is 11.3 Å². The topological polar surface area (TPSA) is 79.0 Å². The molecule has 8 heteroatoms. The number of ether oxygens (including phenoxy) is 1. The van der Waals surface area contributed by atoms with Gasteiger partial charge in [0.25, 0.3) is 5.91 Å². The van der Waals surface area contributed by atoms with Crippen LogP contribution in [-0.2, 0) is 4.74 Å². The molecule has 2 heterocycles. The number of aromatic amines is 1. The molecular weight excluding hydrogens is 359 g/mol. The van der Waals surface area contributed by atoms with E-state index in [-0.39, 0.29) is 29.5 Å². The van der Waals surface area contributed by atoms with Crippen LogP contribution >= 0.6 is 12.4 Å². The second kappa shape index (κ2) is 9.12. The number of hydrogen-bond donors (Lipinski definition) is 3. The van der Waals surface area contributed by atoms with Gasteiger partial charge in [0.1, 0.15) is 5.82 Å². The standard InChI is InChI=1S/C18H23FN4O2.ClH/c1-25-12-18(6-8-20-9-7-18)11-21-17(24)15-10-22-23-16(15)13-2-4-14(19)5-3-13;/h2-5,10,20H,6-9,11-12H2,1H3,(H,21,24)(H,22,23);1H. The van der Waals surface area contributed by atoms with Crippen LogP contribution in [0.2, 0.25) is 0 Å². The Morgan fingerprint density at radius 1 is 1.31 bits per heavy atom. The molecule has 0 spiro atoms. The number of piperidine rings is 1. The van der Waals surface area contributed by atoms with Crippen molar-refractivity contribution < 1.29 is 13.9 Å². The van der Waals surface area contributed by atoms with Crippen molar-refractivity contribution in [1.29, 1.82) is 0 Å². The lowest BCUT2D eigenvalue weighted by Crippen LogP contribution is -2.47. The van der Waals surface area contributed by atoms with Crippen LogP contribution in [0.4, 0.5) is 4.39 Å².